The van der Waals surface area contributed by atoms with E-state index in [1.54, 1.807) is 0 Å². The lowest BCUT2D eigenvalue weighted by Crippen LogP contribution is -2.24. The van der Waals surface area contributed by atoms with Crippen molar-refractivity contribution in [2.45, 2.75) is 26.9 Å². The fraction of sp³-hybridized carbons (Fsp3) is 0.316. The Morgan fingerprint density at radius 1 is 1.00 bits per heavy atom. The summed E-state index contributed by atoms with van der Waals surface area (Å²) in [6.45, 7) is 8.12. The zero-order valence-electron chi connectivity index (χ0n) is 13.7. The van der Waals surface area contributed by atoms with Crippen LogP contribution in [0, 0.1) is 0 Å². The molecule has 0 atom stereocenters. The van der Waals surface area contributed by atoms with Crippen LogP contribution >= 0.6 is 11.6 Å². The summed E-state index contributed by atoms with van der Waals surface area (Å²) in [6.07, 6.45) is 0. The Hall–Kier alpha value is -1.84. The van der Waals surface area contributed by atoms with Gasteiger partial charge in [-0.2, -0.15) is 0 Å². The minimum atomic E-state index is 0.771. The van der Waals surface area contributed by atoms with Crippen molar-refractivity contribution < 1.29 is 0 Å². The van der Waals surface area contributed by atoms with E-state index in [1.807, 2.05) is 18.2 Å². The molecule has 0 N–H and O–H groups in total. The quantitative estimate of drug-likeness (QED) is 0.660. The van der Waals surface area contributed by atoms with Crippen LogP contribution in [0.2, 0.25) is 5.02 Å². The van der Waals surface area contributed by atoms with Crippen molar-refractivity contribution in [3.63, 3.8) is 0 Å². The van der Waals surface area contributed by atoms with E-state index < -0.39 is 0 Å². The van der Waals surface area contributed by atoms with E-state index in [0.717, 1.165) is 42.5 Å². The molecule has 3 aromatic rings. The van der Waals surface area contributed by atoms with Crippen molar-refractivity contribution >= 4 is 22.6 Å². The van der Waals surface area contributed by atoms with Gasteiger partial charge < -0.3 is 4.57 Å². The third kappa shape index (κ3) is 3.57. The Morgan fingerprint density at radius 3 is 2.39 bits per heavy atom. The third-order valence-electron chi connectivity index (χ3n) is 4.25. The summed E-state index contributed by atoms with van der Waals surface area (Å²) < 4.78 is 2.32. The molecule has 23 heavy (non-hydrogen) atoms. The molecule has 4 heteroatoms. The standard InChI is InChI=1S/C19H22ClN3/c1-3-22(4-2)14-19-21-17-7-5-6-8-18(17)23(19)13-15-9-11-16(20)12-10-15/h5-12H,3-4,13-14H2,1-2H3. The van der Waals surface area contributed by atoms with Gasteiger partial charge in [-0.1, -0.05) is 49.7 Å². The molecule has 0 aliphatic rings. The average Bonchev–Trinajstić information content (AvgIpc) is 2.92. The molecule has 0 radical (unpaired) electrons. The summed E-state index contributed by atoms with van der Waals surface area (Å²) in [7, 11) is 0. The topological polar surface area (TPSA) is 21.1 Å². The number of hydrogen-bond acceptors (Lipinski definition) is 2. The van der Waals surface area contributed by atoms with Crippen molar-refractivity contribution in [2.75, 3.05) is 13.1 Å². The van der Waals surface area contributed by atoms with Crippen molar-refractivity contribution in [1.29, 1.82) is 0 Å². The first kappa shape index (κ1) is 16.0. The highest BCUT2D eigenvalue weighted by molar-refractivity contribution is 6.30. The van der Waals surface area contributed by atoms with Gasteiger partial charge in [-0.3, -0.25) is 4.90 Å². The molecule has 0 saturated heterocycles. The summed E-state index contributed by atoms with van der Waals surface area (Å²) in [6, 6.07) is 16.4. The molecule has 3 rings (SSSR count). The lowest BCUT2D eigenvalue weighted by Gasteiger charge is -2.18. The van der Waals surface area contributed by atoms with Crippen molar-refractivity contribution in [1.82, 2.24) is 14.5 Å². The van der Waals surface area contributed by atoms with Crippen LogP contribution < -0.4 is 0 Å². The molecule has 0 saturated carbocycles. The number of halogens is 1. The number of benzene rings is 2. The van der Waals surface area contributed by atoms with Crippen molar-refractivity contribution in [3.05, 3.63) is 64.9 Å². The second-order valence-corrected chi connectivity index (χ2v) is 6.13. The Kier molecular flexibility index (Phi) is 4.99. The summed E-state index contributed by atoms with van der Waals surface area (Å²) >= 11 is 6.00. The van der Waals surface area contributed by atoms with Gasteiger partial charge in [0.15, 0.2) is 0 Å². The lowest BCUT2D eigenvalue weighted by atomic mass is 10.2. The van der Waals surface area contributed by atoms with E-state index in [2.05, 4.69) is 53.6 Å². The van der Waals surface area contributed by atoms with Crippen LogP contribution in [0.15, 0.2) is 48.5 Å². The van der Waals surface area contributed by atoms with Crippen LogP contribution in [0.25, 0.3) is 11.0 Å². The van der Waals surface area contributed by atoms with Gasteiger partial charge >= 0.3 is 0 Å². The lowest BCUT2D eigenvalue weighted by molar-refractivity contribution is 0.285. The number of imidazole rings is 1. The summed E-state index contributed by atoms with van der Waals surface area (Å²) in [5.41, 5.74) is 3.48. The first-order valence-electron chi connectivity index (χ1n) is 8.12. The van der Waals surface area contributed by atoms with E-state index in [0.29, 0.717) is 0 Å². The number of rotatable bonds is 6. The maximum absolute atomic E-state index is 6.00. The number of aromatic nitrogens is 2. The number of para-hydroxylation sites is 2. The summed E-state index contributed by atoms with van der Waals surface area (Å²) in [5.74, 6) is 1.12. The fourth-order valence-electron chi connectivity index (χ4n) is 2.84. The van der Waals surface area contributed by atoms with Crippen LogP contribution in [0.3, 0.4) is 0 Å². The van der Waals surface area contributed by atoms with Crippen LogP contribution in [0.5, 0.6) is 0 Å². The fourth-order valence-corrected chi connectivity index (χ4v) is 2.97. The van der Waals surface area contributed by atoms with Gasteiger partial charge in [-0.05, 0) is 42.9 Å². The van der Waals surface area contributed by atoms with E-state index in [-0.39, 0.29) is 0 Å². The Labute approximate surface area is 142 Å². The molecule has 0 bridgehead atoms. The van der Waals surface area contributed by atoms with Gasteiger partial charge in [0.2, 0.25) is 0 Å². The van der Waals surface area contributed by atoms with Crippen LogP contribution in [0.4, 0.5) is 0 Å². The summed E-state index contributed by atoms with van der Waals surface area (Å²) in [4.78, 5) is 7.25. The predicted octanol–water partition coefficient (Wildman–Crippen LogP) is 4.58. The van der Waals surface area contributed by atoms with E-state index in [1.165, 1.54) is 11.1 Å². The minimum Gasteiger partial charge on any atom is -0.322 e. The van der Waals surface area contributed by atoms with Crippen LogP contribution in [-0.4, -0.2) is 27.5 Å². The Bertz CT molecular complexity index is 773. The molecule has 2 aromatic carbocycles. The van der Waals surface area contributed by atoms with Crippen LogP contribution in [-0.2, 0) is 13.1 Å². The molecule has 3 nitrogen and oxygen atoms in total. The van der Waals surface area contributed by atoms with Gasteiger partial charge in [0, 0.05) is 11.6 Å². The molecule has 0 spiro atoms. The second-order valence-electron chi connectivity index (χ2n) is 5.69. The first-order chi connectivity index (χ1) is 11.2. The zero-order valence-corrected chi connectivity index (χ0v) is 14.4. The number of fused-ring (bicyclic) bond motifs is 1. The molecule has 1 aromatic heterocycles. The van der Waals surface area contributed by atoms with Gasteiger partial charge in [0.25, 0.3) is 0 Å². The SMILES string of the molecule is CCN(CC)Cc1nc2ccccc2n1Cc1ccc(Cl)cc1. The number of nitrogens with zero attached hydrogens (tertiary/aromatic N) is 3. The minimum absolute atomic E-state index is 0.771. The smallest absolute Gasteiger partial charge is 0.124 e. The predicted molar refractivity (Wildman–Crippen MR) is 96.9 cm³/mol. The maximum atomic E-state index is 6.00. The normalized spacial score (nSPS) is 11.5. The molecule has 0 amide bonds. The molecule has 0 fully saturated rings. The van der Waals surface area contributed by atoms with E-state index >= 15 is 0 Å². The van der Waals surface area contributed by atoms with Crippen LogP contribution in [0.1, 0.15) is 25.2 Å². The Balaban J connectivity index is 1.99. The van der Waals surface area contributed by atoms with Gasteiger partial charge in [-0.15, -0.1) is 0 Å². The monoisotopic (exact) mass is 327 g/mol. The molecule has 0 aliphatic heterocycles. The number of hydrogen-bond donors (Lipinski definition) is 0. The van der Waals surface area contributed by atoms with Gasteiger partial charge in [0.1, 0.15) is 5.82 Å². The molecular formula is C19H22ClN3. The molecule has 0 unspecified atom stereocenters. The van der Waals surface area contributed by atoms with Gasteiger partial charge in [0.05, 0.1) is 17.6 Å². The highest BCUT2D eigenvalue weighted by Crippen LogP contribution is 2.20. The molecule has 120 valence electrons. The average molecular weight is 328 g/mol. The van der Waals surface area contributed by atoms with Crippen molar-refractivity contribution in [3.8, 4) is 0 Å². The highest BCUT2D eigenvalue weighted by Gasteiger charge is 2.13. The summed E-state index contributed by atoms with van der Waals surface area (Å²) in [5, 5.41) is 0.771. The first-order valence-corrected chi connectivity index (χ1v) is 8.50. The molecule has 0 aliphatic carbocycles. The largest absolute Gasteiger partial charge is 0.322 e. The third-order valence-corrected chi connectivity index (χ3v) is 4.50. The van der Waals surface area contributed by atoms with Crippen molar-refractivity contribution in [2.24, 2.45) is 0 Å². The van der Waals surface area contributed by atoms with Gasteiger partial charge in [-0.25, -0.2) is 4.98 Å². The van der Waals surface area contributed by atoms with E-state index in [4.69, 9.17) is 16.6 Å². The second kappa shape index (κ2) is 7.16. The van der Waals surface area contributed by atoms with E-state index in [9.17, 15) is 0 Å². The molecular weight excluding hydrogens is 306 g/mol. The Morgan fingerprint density at radius 2 is 1.70 bits per heavy atom. The zero-order chi connectivity index (χ0) is 16.2. The maximum Gasteiger partial charge on any atom is 0.124 e. The molecule has 1 heterocycles. The highest BCUT2D eigenvalue weighted by atomic mass is 35.5.